The van der Waals surface area contributed by atoms with Crippen LogP contribution >= 0.6 is 0 Å². The summed E-state index contributed by atoms with van der Waals surface area (Å²) in [4.78, 5) is 4.06. The van der Waals surface area contributed by atoms with Crippen molar-refractivity contribution in [1.29, 1.82) is 5.26 Å². The Bertz CT molecular complexity index is 1020. The predicted octanol–water partition coefficient (Wildman–Crippen LogP) is 4.33. The number of hydrogen-bond donors (Lipinski definition) is 0. The first-order valence-electron chi connectivity index (χ1n) is 8.26. The summed E-state index contributed by atoms with van der Waals surface area (Å²) < 4.78 is 7.92. The van der Waals surface area contributed by atoms with Gasteiger partial charge >= 0.3 is 0 Å². The van der Waals surface area contributed by atoms with Crippen LogP contribution < -0.4 is 0 Å². The lowest BCUT2D eigenvalue weighted by molar-refractivity contribution is 0.547. The van der Waals surface area contributed by atoms with Crippen LogP contribution in [0.4, 0.5) is 0 Å². The van der Waals surface area contributed by atoms with Gasteiger partial charge in [-0.15, -0.1) is 0 Å². The molecule has 0 amide bonds. The van der Waals surface area contributed by atoms with Gasteiger partial charge in [0.15, 0.2) is 0 Å². The van der Waals surface area contributed by atoms with E-state index in [0.29, 0.717) is 5.56 Å². The number of nitrogens with zero attached hydrogens (tertiary/aromatic N) is 3. The Balaban J connectivity index is 1.41. The number of fused-ring (bicyclic) bond motifs is 1. The van der Waals surface area contributed by atoms with Gasteiger partial charge in [-0.05, 0) is 41.8 Å². The van der Waals surface area contributed by atoms with E-state index in [1.54, 1.807) is 12.3 Å². The summed E-state index contributed by atoms with van der Waals surface area (Å²) in [6.07, 6.45) is 7.36. The maximum atomic E-state index is 8.97. The molecule has 122 valence electrons. The quantitative estimate of drug-likeness (QED) is 0.548. The summed E-state index contributed by atoms with van der Waals surface area (Å²) in [6, 6.07) is 18.4. The summed E-state index contributed by atoms with van der Waals surface area (Å²) in [6.45, 7) is 0.838. The van der Waals surface area contributed by atoms with E-state index in [1.165, 1.54) is 11.1 Å². The number of aryl methyl sites for hydroxylation is 2. The molecule has 0 aliphatic rings. The molecule has 4 nitrogen and oxygen atoms in total. The van der Waals surface area contributed by atoms with Crippen LogP contribution in [0.25, 0.3) is 11.0 Å². The topological polar surface area (TPSA) is 54.8 Å². The molecule has 2 heterocycles. The van der Waals surface area contributed by atoms with Gasteiger partial charge in [-0.1, -0.05) is 24.3 Å². The molecular weight excluding hydrogens is 310 g/mol. The standard InChI is InChI=1S/C21H17N3O/c22-13-18-6-8-21-19(11-18)12-20(25-21)7-5-16-1-3-17(4-2-16)14-24-10-9-23-15-24/h1-4,6,8-12,15H,5,7,14H2. The smallest absolute Gasteiger partial charge is 0.134 e. The van der Waals surface area contributed by atoms with Gasteiger partial charge < -0.3 is 8.98 Å². The average molecular weight is 327 g/mol. The summed E-state index contributed by atoms with van der Waals surface area (Å²) >= 11 is 0. The SMILES string of the molecule is N#Cc1ccc2oc(CCc3ccc(Cn4ccnc4)cc3)cc2c1. The molecule has 4 rings (SSSR count). The molecule has 0 bridgehead atoms. The number of benzene rings is 2. The Morgan fingerprint density at radius 3 is 2.60 bits per heavy atom. The third kappa shape index (κ3) is 3.46. The Morgan fingerprint density at radius 1 is 1.00 bits per heavy atom. The van der Waals surface area contributed by atoms with Crippen LogP contribution in [-0.4, -0.2) is 9.55 Å². The molecule has 0 aliphatic heterocycles. The second-order valence-electron chi connectivity index (χ2n) is 6.13. The lowest BCUT2D eigenvalue weighted by atomic mass is 10.1. The number of rotatable bonds is 5. The molecule has 2 aromatic carbocycles. The van der Waals surface area contributed by atoms with Crippen molar-refractivity contribution < 1.29 is 4.42 Å². The van der Waals surface area contributed by atoms with Crippen molar-refractivity contribution in [3.05, 3.63) is 89.7 Å². The first kappa shape index (κ1) is 15.2. The number of aromatic nitrogens is 2. The van der Waals surface area contributed by atoms with E-state index < -0.39 is 0 Å². The van der Waals surface area contributed by atoms with Crippen LogP contribution in [0.5, 0.6) is 0 Å². The van der Waals surface area contributed by atoms with Gasteiger partial charge in [-0.25, -0.2) is 4.98 Å². The minimum Gasteiger partial charge on any atom is -0.461 e. The minimum atomic E-state index is 0.660. The number of furan rings is 1. The van der Waals surface area contributed by atoms with Gasteiger partial charge in [0.2, 0.25) is 0 Å². The van der Waals surface area contributed by atoms with E-state index in [9.17, 15) is 0 Å². The molecule has 0 radical (unpaired) electrons. The van der Waals surface area contributed by atoms with Gasteiger partial charge in [0.05, 0.1) is 18.0 Å². The first-order chi connectivity index (χ1) is 12.3. The summed E-state index contributed by atoms with van der Waals surface area (Å²) in [7, 11) is 0. The van der Waals surface area contributed by atoms with Crippen LogP contribution in [0.1, 0.15) is 22.5 Å². The van der Waals surface area contributed by atoms with Crippen molar-refractivity contribution in [3.8, 4) is 6.07 Å². The number of imidazole rings is 1. The maximum Gasteiger partial charge on any atom is 0.134 e. The van der Waals surface area contributed by atoms with E-state index in [2.05, 4.69) is 39.9 Å². The van der Waals surface area contributed by atoms with Crippen molar-refractivity contribution >= 4 is 11.0 Å². The Morgan fingerprint density at radius 2 is 1.84 bits per heavy atom. The molecule has 0 saturated heterocycles. The van der Waals surface area contributed by atoms with Crippen LogP contribution in [0, 0.1) is 11.3 Å². The van der Waals surface area contributed by atoms with E-state index in [0.717, 1.165) is 36.1 Å². The number of hydrogen-bond acceptors (Lipinski definition) is 3. The fraction of sp³-hybridized carbons (Fsp3) is 0.143. The normalized spacial score (nSPS) is 10.8. The van der Waals surface area contributed by atoms with Gasteiger partial charge in [-0.3, -0.25) is 0 Å². The Kier molecular flexibility index (Phi) is 4.05. The molecule has 0 spiro atoms. The zero-order chi connectivity index (χ0) is 17.1. The Labute approximate surface area is 146 Å². The highest BCUT2D eigenvalue weighted by molar-refractivity contribution is 5.79. The predicted molar refractivity (Wildman–Crippen MR) is 96.1 cm³/mol. The molecule has 4 aromatic rings. The van der Waals surface area contributed by atoms with E-state index in [4.69, 9.17) is 9.68 Å². The van der Waals surface area contributed by atoms with Crippen molar-refractivity contribution in [2.24, 2.45) is 0 Å². The van der Waals surface area contributed by atoms with E-state index >= 15 is 0 Å². The maximum absolute atomic E-state index is 8.97. The van der Waals surface area contributed by atoms with Gasteiger partial charge in [0.1, 0.15) is 11.3 Å². The van der Waals surface area contributed by atoms with Gasteiger partial charge in [0.25, 0.3) is 0 Å². The average Bonchev–Trinajstić information content (AvgIpc) is 3.29. The fourth-order valence-electron chi connectivity index (χ4n) is 2.96. The van der Waals surface area contributed by atoms with Gasteiger partial charge in [0, 0.05) is 30.7 Å². The minimum absolute atomic E-state index is 0.660. The molecule has 25 heavy (non-hydrogen) atoms. The highest BCUT2D eigenvalue weighted by Gasteiger charge is 2.05. The van der Waals surface area contributed by atoms with Crippen molar-refractivity contribution in [1.82, 2.24) is 9.55 Å². The molecule has 0 saturated carbocycles. The molecule has 0 unspecified atom stereocenters. The molecule has 0 aliphatic carbocycles. The second kappa shape index (κ2) is 6.66. The third-order valence-corrected chi connectivity index (χ3v) is 4.30. The van der Waals surface area contributed by atoms with Crippen LogP contribution in [0.3, 0.4) is 0 Å². The van der Waals surface area contributed by atoms with E-state index in [-0.39, 0.29) is 0 Å². The lowest BCUT2D eigenvalue weighted by Crippen LogP contribution is -1.97. The largest absolute Gasteiger partial charge is 0.461 e. The summed E-state index contributed by atoms with van der Waals surface area (Å²) in [5.74, 6) is 0.951. The summed E-state index contributed by atoms with van der Waals surface area (Å²) in [5.41, 5.74) is 4.04. The van der Waals surface area contributed by atoms with Crippen LogP contribution in [0.2, 0.25) is 0 Å². The molecule has 2 aromatic heterocycles. The lowest BCUT2D eigenvalue weighted by Gasteiger charge is -2.04. The summed E-state index contributed by atoms with van der Waals surface area (Å²) in [5, 5.41) is 9.96. The molecule has 4 heteroatoms. The Hall–Kier alpha value is -3.32. The monoisotopic (exact) mass is 327 g/mol. The van der Waals surface area contributed by atoms with Gasteiger partial charge in [-0.2, -0.15) is 5.26 Å². The number of nitriles is 1. The zero-order valence-corrected chi connectivity index (χ0v) is 13.7. The van der Waals surface area contributed by atoms with E-state index in [1.807, 2.05) is 30.7 Å². The highest BCUT2D eigenvalue weighted by atomic mass is 16.3. The molecule has 0 fully saturated rings. The van der Waals surface area contributed by atoms with Crippen LogP contribution in [-0.2, 0) is 19.4 Å². The third-order valence-electron chi connectivity index (χ3n) is 4.30. The van der Waals surface area contributed by atoms with Crippen LogP contribution in [0.15, 0.2) is 71.7 Å². The second-order valence-corrected chi connectivity index (χ2v) is 6.13. The highest BCUT2D eigenvalue weighted by Crippen LogP contribution is 2.22. The molecule has 0 N–H and O–H groups in total. The zero-order valence-electron chi connectivity index (χ0n) is 13.7. The van der Waals surface area contributed by atoms with Crippen molar-refractivity contribution in [2.45, 2.75) is 19.4 Å². The first-order valence-corrected chi connectivity index (χ1v) is 8.26. The molecular formula is C21H17N3O. The van der Waals surface area contributed by atoms with Crippen molar-refractivity contribution in [2.75, 3.05) is 0 Å². The molecule has 0 atom stereocenters. The fourth-order valence-corrected chi connectivity index (χ4v) is 2.96. The van der Waals surface area contributed by atoms with Crippen molar-refractivity contribution in [3.63, 3.8) is 0 Å².